The van der Waals surface area contributed by atoms with E-state index in [1.165, 1.54) is 24.3 Å². The molecule has 0 fully saturated rings. The number of benzene rings is 2. The average Bonchev–Trinajstić information content (AvgIpc) is 2.43. The van der Waals surface area contributed by atoms with E-state index in [1.807, 2.05) is 6.92 Å². The first-order valence-electron chi connectivity index (χ1n) is 6.64. The lowest BCUT2D eigenvalue weighted by molar-refractivity contribution is 0.466. The molecule has 0 radical (unpaired) electrons. The lowest BCUT2D eigenvalue weighted by atomic mass is 9.97. The Morgan fingerprint density at radius 1 is 1.05 bits per heavy atom. The predicted octanol–water partition coefficient (Wildman–Crippen LogP) is 4.76. The Morgan fingerprint density at radius 3 is 2.33 bits per heavy atom. The molecule has 1 nitrogen and oxygen atoms in total. The third kappa shape index (κ3) is 3.86. The Hall–Kier alpha value is -1.33. The van der Waals surface area contributed by atoms with Crippen LogP contribution in [0.4, 0.5) is 13.2 Å². The molecule has 0 aliphatic carbocycles. The molecule has 1 atom stereocenters. The van der Waals surface area contributed by atoms with Crippen LogP contribution in [-0.4, -0.2) is 6.54 Å². The minimum absolute atomic E-state index is 0.0567. The minimum atomic E-state index is -0.628. The normalized spacial score (nSPS) is 12.4. The molecule has 0 saturated heterocycles. The molecule has 2 aromatic rings. The monoisotopic (exact) mass is 357 g/mol. The summed E-state index contributed by atoms with van der Waals surface area (Å²) in [4.78, 5) is 0. The highest BCUT2D eigenvalue weighted by atomic mass is 79.9. The molecule has 0 saturated carbocycles. The second kappa shape index (κ2) is 7.09. The lowest BCUT2D eigenvalue weighted by Crippen LogP contribution is -2.25. The number of rotatable bonds is 5. The number of nitrogens with one attached hydrogen (secondary N) is 1. The summed E-state index contributed by atoms with van der Waals surface area (Å²) in [6.45, 7) is 2.36. The van der Waals surface area contributed by atoms with Crippen LogP contribution in [0.1, 0.15) is 24.1 Å². The molecule has 0 aliphatic rings. The first-order chi connectivity index (χ1) is 10.0. The molecule has 0 aliphatic heterocycles. The van der Waals surface area contributed by atoms with Crippen LogP contribution in [0.3, 0.4) is 0 Å². The highest BCUT2D eigenvalue weighted by Gasteiger charge is 2.21. The third-order valence-electron chi connectivity index (χ3n) is 3.23. The van der Waals surface area contributed by atoms with Gasteiger partial charge in [-0.2, -0.15) is 0 Å². The minimum Gasteiger partial charge on any atom is -0.310 e. The summed E-state index contributed by atoms with van der Waals surface area (Å²) in [5.74, 6) is -1.65. The first kappa shape index (κ1) is 16.0. The van der Waals surface area contributed by atoms with Gasteiger partial charge in [-0.05, 0) is 48.9 Å². The fourth-order valence-corrected chi connectivity index (χ4v) is 2.69. The van der Waals surface area contributed by atoms with Gasteiger partial charge in [0.15, 0.2) is 0 Å². The van der Waals surface area contributed by atoms with Crippen molar-refractivity contribution in [3.8, 4) is 0 Å². The van der Waals surface area contributed by atoms with Gasteiger partial charge in [0, 0.05) is 16.1 Å². The van der Waals surface area contributed by atoms with Gasteiger partial charge in [0.1, 0.15) is 17.5 Å². The standard InChI is InChI=1S/C16H15BrF3N/c1-2-21-15(16-13(19)4-3-5-14(16)20)9-10-8-11(17)6-7-12(10)18/h3-8,15,21H,2,9H2,1H3. The largest absolute Gasteiger partial charge is 0.310 e. The highest BCUT2D eigenvalue weighted by Crippen LogP contribution is 2.26. The van der Waals surface area contributed by atoms with Gasteiger partial charge in [-0.15, -0.1) is 0 Å². The van der Waals surface area contributed by atoms with Gasteiger partial charge in [-0.1, -0.05) is 28.9 Å². The van der Waals surface area contributed by atoms with E-state index < -0.39 is 23.5 Å². The molecule has 0 heterocycles. The van der Waals surface area contributed by atoms with E-state index in [1.54, 1.807) is 12.1 Å². The predicted molar refractivity (Wildman–Crippen MR) is 80.6 cm³/mol. The SMILES string of the molecule is CCNC(Cc1cc(Br)ccc1F)c1c(F)cccc1F. The average molecular weight is 358 g/mol. The van der Waals surface area contributed by atoms with Crippen molar-refractivity contribution in [2.24, 2.45) is 0 Å². The Kier molecular flexibility index (Phi) is 5.42. The molecule has 0 bridgehead atoms. The van der Waals surface area contributed by atoms with Gasteiger partial charge in [0.05, 0.1) is 0 Å². The first-order valence-corrected chi connectivity index (χ1v) is 7.43. The van der Waals surface area contributed by atoms with Crippen LogP contribution in [0.15, 0.2) is 40.9 Å². The highest BCUT2D eigenvalue weighted by molar-refractivity contribution is 9.10. The Bertz CT molecular complexity index is 611. The maximum absolute atomic E-state index is 13.9. The van der Waals surface area contributed by atoms with Crippen molar-refractivity contribution in [2.75, 3.05) is 6.54 Å². The molecular weight excluding hydrogens is 343 g/mol. The zero-order valence-electron chi connectivity index (χ0n) is 11.5. The Morgan fingerprint density at radius 2 is 1.71 bits per heavy atom. The van der Waals surface area contributed by atoms with Crippen molar-refractivity contribution >= 4 is 15.9 Å². The van der Waals surface area contributed by atoms with Crippen LogP contribution < -0.4 is 5.32 Å². The molecule has 1 N–H and O–H groups in total. The van der Waals surface area contributed by atoms with E-state index in [-0.39, 0.29) is 12.0 Å². The van der Waals surface area contributed by atoms with Gasteiger partial charge in [0.2, 0.25) is 0 Å². The fourth-order valence-electron chi connectivity index (χ4n) is 2.29. The van der Waals surface area contributed by atoms with Crippen molar-refractivity contribution in [1.82, 2.24) is 5.32 Å². The third-order valence-corrected chi connectivity index (χ3v) is 3.72. The van der Waals surface area contributed by atoms with Gasteiger partial charge >= 0.3 is 0 Å². The van der Waals surface area contributed by atoms with Gasteiger partial charge in [-0.3, -0.25) is 0 Å². The summed E-state index contributed by atoms with van der Waals surface area (Å²) >= 11 is 3.28. The Labute approximate surface area is 130 Å². The molecule has 112 valence electrons. The van der Waals surface area contributed by atoms with Crippen LogP contribution in [0, 0.1) is 17.5 Å². The second-order valence-corrected chi connectivity index (χ2v) is 5.60. The zero-order valence-corrected chi connectivity index (χ0v) is 13.1. The van der Waals surface area contributed by atoms with Crippen molar-refractivity contribution in [1.29, 1.82) is 0 Å². The number of likely N-dealkylation sites (N-methyl/N-ethyl adjacent to an activating group) is 1. The van der Waals surface area contributed by atoms with Crippen LogP contribution in [0.2, 0.25) is 0 Å². The van der Waals surface area contributed by atoms with E-state index in [0.717, 1.165) is 4.47 Å². The molecule has 1 unspecified atom stereocenters. The quantitative estimate of drug-likeness (QED) is 0.813. The van der Waals surface area contributed by atoms with Crippen LogP contribution in [-0.2, 0) is 6.42 Å². The van der Waals surface area contributed by atoms with Crippen LogP contribution in [0.5, 0.6) is 0 Å². The topological polar surface area (TPSA) is 12.0 Å². The summed E-state index contributed by atoms with van der Waals surface area (Å²) in [7, 11) is 0. The number of hydrogen-bond acceptors (Lipinski definition) is 1. The van der Waals surface area contributed by atoms with Crippen LogP contribution >= 0.6 is 15.9 Å². The van der Waals surface area contributed by atoms with E-state index >= 15 is 0 Å². The molecule has 0 spiro atoms. The van der Waals surface area contributed by atoms with E-state index in [2.05, 4.69) is 21.2 Å². The molecule has 5 heteroatoms. The number of halogens is 4. The summed E-state index contributed by atoms with van der Waals surface area (Å²) < 4.78 is 42.4. The molecule has 2 aromatic carbocycles. The molecule has 2 rings (SSSR count). The molecular formula is C16H15BrF3N. The summed E-state index contributed by atoms with van der Waals surface area (Å²) in [6, 6.07) is 7.65. The van der Waals surface area contributed by atoms with Gasteiger partial charge in [0.25, 0.3) is 0 Å². The van der Waals surface area contributed by atoms with E-state index in [9.17, 15) is 13.2 Å². The van der Waals surface area contributed by atoms with Gasteiger partial charge in [-0.25, -0.2) is 13.2 Å². The van der Waals surface area contributed by atoms with Crippen LogP contribution in [0.25, 0.3) is 0 Å². The van der Waals surface area contributed by atoms with Crippen molar-refractivity contribution in [3.05, 3.63) is 69.4 Å². The van der Waals surface area contributed by atoms with E-state index in [0.29, 0.717) is 12.1 Å². The zero-order chi connectivity index (χ0) is 15.4. The van der Waals surface area contributed by atoms with Gasteiger partial charge < -0.3 is 5.32 Å². The maximum Gasteiger partial charge on any atom is 0.130 e. The molecule has 0 amide bonds. The van der Waals surface area contributed by atoms with Crippen molar-refractivity contribution in [3.63, 3.8) is 0 Å². The van der Waals surface area contributed by atoms with Crippen molar-refractivity contribution < 1.29 is 13.2 Å². The summed E-state index contributed by atoms with van der Waals surface area (Å²) in [5, 5.41) is 3.01. The summed E-state index contributed by atoms with van der Waals surface area (Å²) in [5.41, 5.74) is 0.344. The maximum atomic E-state index is 13.9. The second-order valence-electron chi connectivity index (χ2n) is 4.69. The Balaban J connectivity index is 2.38. The van der Waals surface area contributed by atoms with E-state index in [4.69, 9.17) is 0 Å². The molecule has 0 aromatic heterocycles. The number of hydrogen-bond donors (Lipinski definition) is 1. The van der Waals surface area contributed by atoms with Crippen molar-refractivity contribution in [2.45, 2.75) is 19.4 Å². The molecule has 21 heavy (non-hydrogen) atoms. The smallest absolute Gasteiger partial charge is 0.130 e. The fraction of sp³-hybridized carbons (Fsp3) is 0.250. The summed E-state index contributed by atoms with van der Waals surface area (Å²) in [6.07, 6.45) is 0.164. The lowest BCUT2D eigenvalue weighted by Gasteiger charge is -2.20.